The summed E-state index contributed by atoms with van der Waals surface area (Å²) in [4.78, 5) is 0. The van der Waals surface area contributed by atoms with Crippen LogP contribution >= 0.6 is 23.2 Å². The molecule has 0 aliphatic carbocycles. The zero-order chi connectivity index (χ0) is 15.6. The maximum absolute atomic E-state index is 6.36. The van der Waals surface area contributed by atoms with E-state index in [1.807, 2.05) is 43.7 Å². The van der Waals surface area contributed by atoms with E-state index in [0.29, 0.717) is 11.4 Å². The van der Waals surface area contributed by atoms with Gasteiger partial charge in [0.25, 0.3) is 0 Å². The van der Waals surface area contributed by atoms with Gasteiger partial charge in [-0.2, -0.15) is 5.10 Å². The summed E-state index contributed by atoms with van der Waals surface area (Å²) in [5, 5.41) is 5.87. The Kier molecular flexibility index (Phi) is 5.27. The molecular weight excluding hydrogens is 307 g/mol. The monoisotopic (exact) mass is 326 g/mol. The van der Waals surface area contributed by atoms with E-state index in [-0.39, 0.29) is 6.04 Å². The van der Waals surface area contributed by atoms with E-state index in [4.69, 9.17) is 29.0 Å². The lowest BCUT2D eigenvalue weighted by atomic mass is 10.0. The second-order valence-corrected chi connectivity index (χ2v) is 5.88. The highest BCUT2D eigenvalue weighted by atomic mass is 35.5. The molecule has 4 nitrogen and oxygen atoms in total. The van der Waals surface area contributed by atoms with Gasteiger partial charge in [-0.25, -0.2) is 0 Å². The quantitative estimate of drug-likeness (QED) is 0.652. The zero-order valence-corrected chi connectivity index (χ0v) is 14.0. The molecule has 0 saturated carbocycles. The fraction of sp³-hybridized carbons (Fsp3) is 0.400. The molecule has 3 N–H and O–H groups in total. The van der Waals surface area contributed by atoms with E-state index >= 15 is 0 Å². The van der Waals surface area contributed by atoms with Gasteiger partial charge < -0.3 is 0 Å². The van der Waals surface area contributed by atoms with Crippen molar-refractivity contribution >= 4 is 23.2 Å². The highest BCUT2D eigenvalue weighted by Gasteiger charge is 2.19. The van der Waals surface area contributed by atoms with Crippen molar-refractivity contribution in [2.24, 2.45) is 5.84 Å². The maximum Gasteiger partial charge on any atom is 0.0847 e. The number of nitrogens with zero attached hydrogens (tertiary/aromatic N) is 2. The molecule has 0 spiro atoms. The smallest absolute Gasteiger partial charge is 0.0847 e. The van der Waals surface area contributed by atoms with E-state index in [2.05, 4.69) is 10.5 Å². The molecule has 0 aliphatic heterocycles. The van der Waals surface area contributed by atoms with Gasteiger partial charge in [0.2, 0.25) is 0 Å². The summed E-state index contributed by atoms with van der Waals surface area (Å²) in [5.41, 5.74) is 6.74. The van der Waals surface area contributed by atoms with Gasteiger partial charge in [0.15, 0.2) is 0 Å². The molecule has 0 saturated heterocycles. The summed E-state index contributed by atoms with van der Waals surface area (Å²) in [6, 6.07) is 5.89. The Morgan fingerprint density at radius 2 is 2.05 bits per heavy atom. The predicted octanol–water partition coefficient (Wildman–Crippen LogP) is 3.57. The third-order valence-electron chi connectivity index (χ3n) is 3.65. The number of aromatic nitrogens is 2. The zero-order valence-electron chi connectivity index (χ0n) is 12.5. The normalized spacial score (nSPS) is 12.7. The van der Waals surface area contributed by atoms with Gasteiger partial charge in [0.1, 0.15) is 0 Å². The van der Waals surface area contributed by atoms with E-state index < -0.39 is 0 Å². The van der Waals surface area contributed by atoms with Crippen molar-refractivity contribution in [2.75, 3.05) is 0 Å². The standard InChI is InChI=1S/C15H20Cl2N4/c1-4-21-14(15(17)10(3)20-21)8-13(19-18)11-6-5-9(2)12(16)7-11/h5-7,13,19H,4,8,18H2,1-3H3. The second-order valence-electron chi connectivity index (χ2n) is 5.09. The molecule has 1 unspecified atom stereocenters. The van der Waals surface area contributed by atoms with Gasteiger partial charge >= 0.3 is 0 Å². The van der Waals surface area contributed by atoms with Crippen LogP contribution in [0.2, 0.25) is 10.0 Å². The summed E-state index contributed by atoms with van der Waals surface area (Å²) in [7, 11) is 0. The van der Waals surface area contributed by atoms with Crippen LogP contribution in [0, 0.1) is 13.8 Å². The van der Waals surface area contributed by atoms with Crippen molar-refractivity contribution in [1.29, 1.82) is 0 Å². The van der Waals surface area contributed by atoms with Gasteiger partial charge in [-0.05, 0) is 38.0 Å². The number of nitrogens with two attached hydrogens (primary N) is 1. The minimum atomic E-state index is -0.0676. The second kappa shape index (κ2) is 6.79. The van der Waals surface area contributed by atoms with Gasteiger partial charge in [-0.15, -0.1) is 0 Å². The number of benzene rings is 1. The average molecular weight is 327 g/mol. The van der Waals surface area contributed by atoms with Crippen LogP contribution in [0.1, 0.15) is 35.5 Å². The van der Waals surface area contributed by atoms with Gasteiger partial charge in [0, 0.05) is 18.0 Å². The molecule has 1 aromatic heterocycles. The van der Waals surface area contributed by atoms with Crippen LogP contribution in [-0.2, 0) is 13.0 Å². The first-order valence-electron chi connectivity index (χ1n) is 6.91. The number of hydrogen-bond acceptors (Lipinski definition) is 3. The summed E-state index contributed by atoms with van der Waals surface area (Å²) < 4.78 is 1.91. The molecule has 2 aromatic rings. The topological polar surface area (TPSA) is 55.9 Å². The molecule has 0 aliphatic rings. The highest BCUT2D eigenvalue weighted by molar-refractivity contribution is 6.32. The maximum atomic E-state index is 6.36. The average Bonchev–Trinajstić information content (AvgIpc) is 2.75. The van der Waals surface area contributed by atoms with Crippen LogP contribution < -0.4 is 11.3 Å². The summed E-state index contributed by atoms with van der Waals surface area (Å²) >= 11 is 12.6. The fourth-order valence-electron chi connectivity index (χ4n) is 2.36. The Labute approximate surface area is 135 Å². The van der Waals surface area contributed by atoms with Crippen LogP contribution in [0.4, 0.5) is 0 Å². The lowest BCUT2D eigenvalue weighted by molar-refractivity contribution is 0.517. The van der Waals surface area contributed by atoms with E-state index in [1.165, 1.54) is 0 Å². The highest BCUT2D eigenvalue weighted by Crippen LogP contribution is 2.27. The molecule has 1 atom stereocenters. The molecule has 0 amide bonds. The Bertz CT molecular complexity index is 637. The molecular formula is C15H20Cl2N4. The molecule has 0 fully saturated rings. The predicted molar refractivity (Wildman–Crippen MR) is 87.6 cm³/mol. The summed E-state index contributed by atoms with van der Waals surface area (Å²) in [6.45, 7) is 6.70. The lowest BCUT2D eigenvalue weighted by Crippen LogP contribution is -2.30. The van der Waals surface area contributed by atoms with Crippen LogP contribution in [0.15, 0.2) is 18.2 Å². The van der Waals surface area contributed by atoms with E-state index in [9.17, 15) is 0 Å². The Morgan fingerprint density at radius 1 is 1.33 bits per heavy atom. The number of hydrazine groups is 1. The number of rotatable bonds is 5. The summed E-state index contributed by atoms with van der Waals surface area (Å²) in [6.07, 6.45) is 0.656. The molecule has 2 rings (SSSR count). The van der Waals surface area contributed by atoms with Crippen molar-refractivity contribution in [1.82, 2.24) is 15.2 Å². The van der Waals surface area contributed by atoms with Crippen molar-refractivity contribution in [3.8, 4) is 0 Å². The SMILES string of the molecule is CCn1nc(C)c(Cl)c1CC(NN)c1ccc(C)c(Cl)c1. The minimum absolute atomic E-state index is 0.0676. The van der Waals surface area contributed by atoms with Gasteiger partial charge in [0.05, 0.1) is 22.5 Å². The first-order chi connectivity index (χ1) is 9.97. The van der Waals surface area contributed by atoms with Crippen LogP contribution in [0.5, 0.6) is 0 Å². The largest absolute Gasteiger partial charge is 0.271 e. The Hall–Kier alpha value is -1.07. The summed E-state index contributed by atoms with van der Waals surface area (Å²) in [5.74, 6) is 5.72. The fourth-order valence-corrected chi connectivity index (χ4v) is 2.76. The minimum Gasteiger partial charge on any atom is -0.271 e. The third-order valence-corrected chi connectivity index (χ3v) is 4.55. The third kappa shape index (κ3) is 3.40. The Balaban J connectivity index is 2.33. The van der Waals surface area contributed by atoms with Gasteiger partial charge in [-0.3, -0.25) is 16.0 Å². The first kappa shape index (κ1) is 16.3. The van der Waals surface area contributed by atoms with Crippen LogP contribution in [0.3, 0.4) is 0 Å². The van der Waals surface area contributed by atoms with E-state index in [0.717, 1.165) is 34.1 Å². The molecule has 1 heterocycles. The molecule has 114 valence electrons. The number of nitrogens with one attached hydrogen (secondary N) is 1. The molecule has 0 radical (unpaired) electrons. The van der Waals surface area contributed by atoms with E-state index in [1.54, 1.807) is 0 Å². The Morgan fingerprint density at radius 3 is 2.62 bits per heavy atom. The van der Waals surface area contributed by atoms with Crippen LogP contribution in [0.25, 0.3) is 0 Å². The molecule has 1 aromatic carbocycles. The van der Waals surface area contributed by atoms with Crippen molar-refractivity contribution in [2.45, 2.75) is 39.8 Å². The number of hydrogen-bond donors (Lipinski definition) is 2. The van der Waals surface area contributed by atoms with Crippen molar-refractivity contribution in [3.05, 3.63) is 50.8 Å². The van der Waals surface area contributed by atoms with Crippen molar-refractivity contribution in [3.63, 3.8) is 0 Å². The lowest BCUT2D eigenvalue weighted by Gasteiger charge is -2.18. The number of halogens is 2. The molecule has 0 bridgehead atoms. The van der Waals surface area contributed by atoms with Crippen LogP contribution in [-0.4, -0.2) is 9.78 Å². The molecule has 21 heavy (non-hydrogen) atoms. The first-order valence-corrected chi connectivity index (χ1v) is 7.67. The number of aryl methyl sites for hydroxylation is 3. The van der Waals surface area contributed by atoms with Crippen molar-refractivity contribution < 1.29 is 0 Å². The molecule has 6 heteroatoms. The van der Waals surface area contributed by atoms with Gasteiger partial charge in [-0.1, -0.05) is 35.3 Å².